The average molecular weight is 300 g/mol. The molecule has 0 spiro atoms. The Morgan fingerprint density at radius 2 is 1.35 bits per heavy atom. The molecule has 0 amide bonds. The Bertz CT molecular complexity index is 318. The molecular formula is C14H28N2O3Si. The number of allylic oxidation sites excluding steroid dienone is 3. The van der Waals surface area contributed by atoms with Crippen molar-refractivity contribution < 1.29 is 13.3 Å². The van der Waals surface area contributed by atoms with Crippen molar-refractivity contribution in [3.8, 4) is 0 Å². The molecule has 6 heteroatoms. The summed E-state index contributed by atoms with van der Waals surface area (Å²) in [6.45, 7) is 17.1. The summed E-state index contributed by atoms with van der Waals surface area (Å²) in [6, 6.07) is 0.545. The van der Waals surface area contributed by atoms with Crippen molar-refractivity contribution in [3.05, 3.63) is 37.0 Å². The lowest BCUT2D eigenvalue weighted by Gasteiger charge is -2.31. The Balaban J connectivity index is 4.99. The van der Waals surface area contributed by atoms with E-state index >= 15 is 0 Å². The Kier molecular flexibility index (Phi) is 8.29. The fourth-order valence-corrected chi connectivity index (χ4v) is 4.48. The second-order valence-electron chi connectivity index (χ2n) is 4.97. The zero-order chi connectivity index (χ0) is 15.8. The molecule has 0 aliphatic heterocycles. The van der Waals surface area contributed by atoms with Gasteiger partial charge in [0.25, 0.3) is 0 Å². The maximum absolute atomic E-state index is 5.99. The predicted molar refractivity (Wildman–Crippen MR) is 84.5 cm³/mol. The van der Waals surface area contributed by atoms with Crippen molar-refractivity contribution in [2.75, 3.05) is 6.54 Å². The van der Waals surface area contributed by atoms with Crippen molar-refractivity contribution in [2.24, 2.45) is 11.5 Å². The second kappa shape index (κ2) is 8.83. The summed E-state index contributed by atoms with van der Waals surface area (Å²) in [5, 5.41) is 0. The van der Waals surface area contributed by atoms with E-state index in [1.165, 1.54) is 0 Å². The zero-order valence-electron chi connectivity index (χ0n) is 12.9. The molecule has 0 saturated carbocycles. The third kappa shape index (κ3) is 8.03. The van der Waals surface area contributed by atoms with Crippen LogP contribution in [0.1, 0.15) is 33.6 Å². The molecular weight excluding hydrogens is 272 g/mol. The van der Waals surface area contributed by atoms with Gasteiger partial charge in [0.15, 0.2) is 0 Å². The van der Waals surface area contributed by atoms with Crippen LogP contribution in [0.5, 0.6) is 0 Å². The summed E-state index contributed by atoms with van der Waals surface area (Å²) >= 11 is 0. The normalized spacial score (nSPS) is 12.4. The quantitative estimate of drug-likeness (QED) is 0.453. The predicted octanol–water partition coefficient (Wildman–Crippen LogP) is 2.64. The Morgan fingerprint density at radius 3 is 1.65 bits per heavy atom. The molecule has 0 saturated heterocycles. The highest BCUT2D eigenvalue weighted by Gasteiger charge is 2.48. The van der Waals surface area contributed by atoms with Crippen LogP contribution in [0.25, 0.3) is 0 Å². The van der Waals surface area contributed by atoms with Gasteiger partial charge in [-0.1, -0.05) is 19.7 Å². The Labute approximate surface area is 123 Å². The lowest BCUT2D eigenvalue weighted by Crippen LogP contribution is -2.45. The maximum Gasteiger partial charge on any atom is 0.698 e. The molecule has 0 aliphatic carbocycles. The fourth-order valence-electron chi connectivity index (χ4n) is 1.73. The number of hydrogen-bond donors (Lipinski definition) is 2. The van der Waals surface area contributed by atoms with Gasteiger partial charge in [0.2, 0.25) is 0 Å². The molecule has 1 atom stereocenters. The summed E-state index contributed by atoms with van der Waals surface area (Å²) < 4.78 is 17.3. The van der Waals surface area contributed by atoms with E-state index < -0.39 is 8.80 Å². The van der Waals surface area contributed by atoms with Gasteiger partial charge in [0, 0.05) is 6.04 Å². The third-order valence-corrected chi connectivity index (χ3v) is 5.23. The van der Waals surface area contributed by atoms with Gasteiger partial charge < -0.3 is 24.7 Å². The summed E-state index contributed by atoms with van der Waals surface area (Å²) in [4.78, 5) is 0. The van der Waals surface area contributed by atoms with Crippen molar-refractivity contribution >= 4 is 8.80 Å². The van der Waals surface area contributed by atoms with Crippen LogP contribution in [-0.4, -0.2) is 21.4 Å². The molecule has 0 aromatic heterocycles. The topological polar surface area (TPSA) is 79.7 Å². The zero-order valence-corrected chi connectivity index (χ0v) is 13.9. The van der Waals surface area contributed by atoms with Crippen LogP contribution in [0, 0.1) is 0 Å². The van der Waals surface area contributed by atoms with E-state index in [2.05, 4.69) is 19.7 Å². The van der Waals surface area contributed by atoms with E-state index in [1.807, 2.05) is 0 Å². The van der Waals surface area contributed by atoms with Crippen molar-refractivity contribution in [1.29, 1.82) is 0 Å². The monoisotopic (exact) mass is 300 g/mol. The minimum atomic E-state index is -3.00. The largest absolute Gasteiger partial charge is 0.698 e. The molecule has 116 valence electrons. The van der Waals surface area contributed by atoms with Gasteiger partial charge in [0.1, 0.15) is 0 Å². The lowest BCUT2D eigenvalue weighted by molar-refractivity contribution is 0.142. The Hall–Kier alpha value is -1.24. The molecule has 5 nitrogen and oxygen atoms in total. The van der Waals surface area contributed by atoms with Gasteiger partial charge in [-0.2, -0.15) is 0 Å². The number of hydrogen-bond acceptors (Lipinski definition) is 5. The summed E-state index contributed by atoms with van der Waals surface area (Å²) in [5.74, 6) is 1.60. The molecule has 0 fully saturated rings. The molecule has 1 unspecified atom stereocenters. The van der Waals surface area contributed by atoms with Crippen LogP contribution < -0.4 is 11.5 Å². The van der Waals surface area contributed by atoms with Crippen LogP contribution in [0.2, 0.25) is 6.04 Å². The van der Waals surface area contributed by atoms with E-state index in [9.17, 15) is 0 Å². The maximum atomic E-state index is 5.99. The van der Waals surface area contributed by atoms with Crippen molar-refractivity contribution in [1.82, 2.24) is 0 Å². The highest BCUT2D eigenvalue weighted by atomic mass is 28.4. The molecule has 0 aromatic carbocycles. The Morgan fingerprint density at radius 1 is 0.950 bits per heavy atom. The first-order chi connectivity index (χ1) is 9.20. The number of nitrogens with two attached hydrogens (primary N) is 2. The molecule has 0 aliphatic rings. The standard InChI is InChI=1S/C14H28N2O3Si/c1-11(2)17-20(18-12(3)4,19-13(5)6)10-8-14(16)7-9-15/h14H,1,3,5,7-10,15-16H2,2,4,6H3. The molecule has 20 heavy (non-hydrogen) atoms. The molecule has 0 aromatic rings. The molecule has 0 bridgehead atoms. The van der Waals surface area contributed by atoms with Crippen LogP contribution in [0.15, 0.2) is 37.0 Å². The van der Waals surface area contributed by atoms with E-state index in [4.69, 9.17) is 24.7 Å². The van der Waals surface area contributed by atoms with Crippen LogP contribution >= 0.6 is 0 Å². The van der Waals surface area contributed by atoms with Crippen molar-refractivity contribution in [3.63, 3.8) is 0 Å². The second-order valence-corrected chi connectivity index (χ2v) is 7.45. The summed E-state index contributed by atoms with van der Waals surface area (Å²) in [6.07, 6.45) is 1.44. The van der Waals surface area contributed by atoms with E-state index in [-0.39, 0.29) is 6.04 Å². The lowest BCUT2D eigenvalue weighted by atomic mass is 10.2. The van der Waals surface area contributed by atoms with Gasteiger partial charge in [-0.25, -0.2) is 0 Å². The van der Waals surface area contributed by atoms with Gasteiger partial charge in [-0.15, -0.1) is 0 Å². The van der Waals surface area contributed by atoms with Crippen molar-refractivity contribution in [2.45, 2.75) is 45.7 Å². The van der Waals surface area contributed by atoms with Crippen LogP contribution in [0.3, 0.4) is 0 Å². The highest BCUT2D eigenvalue weighted by Crippen LogP contribution is 2.26. The third-order valence-electron chi connectivity index (χ3n) is 2.35. The summed E-state index contributed by atoms with van der Waals surface area (Å²) in [7, 11) is -3.00. The molecule has 4 N–H and O–H groups in total. The smallest absolute Gasteiger partial charge is 0.488 e. The molecule has 0 radical (unpaired) electrons. The van der Waals surface area contributed by atoms with E-state index in [1.54, 1.807) is 20.8 Å². The summed E-state index contributed by atoms with van der Waals surface area (Å²) in [5.41, 5.74) is 11.5. The van der Waals surface area contributed by atoms with Gasteiger partial charge in [0.05, 0.1) is 23.3 Å². The number of rotatable bonds is 11. The van der Waals surface area contributed by atoms with Crippen LogP contribution in [-0.2, 0) is 13.3 Å². The average Bonchev–Trinajstić information content (AvgIpc) is 2.23. The van der Waals surface area contributed by atoms with Gasteiger partial charge >= 0.3 is 8.80 Å². The first kappa shape index (κ1) is 18.8. The van der Waals surface area contributed by atoms with Gasteiger partial charge in [-0.3, -0.25) is 0 Å². The molecule has 0 heterocycles. The SMILES string of the molecule is C=C(C)O[Si](CCC(N)CCN)(OC(=C)C)OC(=C)C. The van der Waals surface area contributed by atoms with Gasteiger partial charge in [-0.05, 0) is 40.2 Å². The van der Waals surface area contributed by atoms with Crippen LogP contribution in [0.4, 0.5) is 0 Å². The van der Waals surface area contributed by atoms with E-state index in [0.717, 1.165) is 6.42 Å². The first-order valence-electron chi connectivity index (χ1n) is 6.70. The first-order valence-corrected chi connectivity index (χ1v) is 8.63. The van der Waals surface area contributed by atoms with E-state index in [0.29, 0.717) is 36.3 Å². The highest BCUT2D eigenvalue weighted by molar-refractivity contribution is 6.61. The fraction of sp³-hybridized carbons (Fsp3) is 0.571. The molecule has 0 rings (SSSR count). The minimum Gasteiger partial charge on any atom is -0.488 e. The minimum absolute atomic E-state index is 0.0111.